The molecular weight excluding hydrogens is 361 g/mol. The summed E-state index contributed by atoms with van der Waals surface area (Å²) in [7, 11) is 2.00. The molecule has 0 fully saturated rings. The van der Waals surface area contributed by atoms with E-state index in [9.17, 15) is 9.18 Å². The number of aromatic amines is 1. The van der Waals surface area contributed by atoms with Gasteiger partial charge in [0.15, 0.2) is 0 Å². The largest absolute Gasteiger partial charge is 0.309 e. The van der Waals surface area contributed by atoms with E-state index in [1.165, 1.54) is 29.0 Å². The molecule has 2 heterocycles. The van der Waals surface area contributed by atoms with Gasteiger partial charge in [0.1, 0.15) is 16.5 Å². The fourth-order valence-corrected chi connectivity index (χ4v) is 4.08. The number of fused-ring (bicyclic) bond motifs is 1. The molecule has 0 radical (unpaired) electrons. The number of hydrogen-bond acceptors (Lipinski definition) is 4. The van der Waals surface area contributed by atoms with Crippen LogP contribution in [0.3, 0.4) is 0 Å². The standard InChI is InChI=1S/C21H18FN3OS/c1-25(11-14-5-3-2-4-6-14)12-18-23-20(26)19-17(13-27-21(19)24-18)15-7-9-16(22)10-8-15/h2-10,13H,11-12H2,1H3,(H,23,24,26). The summed E-state index contributed by atoms with van der Waals surface area (Å²) in [5.41, 5.74) is 2.64. The van der Waals surface area contributed by atoms with Crippen molar-refractivity contribution in [1.29, 1.82) is 0 Å². The minimum absolute atomic E-state index is 0.163. The molecule has 0 unspecified atom stereocenters. The van der Waals surface area contributed by atoms with Gasteiger partial charge in [-0.1, -0.05) is 42.5 Å². The minimum atomic E-state index is -0.297. The van der Waals surface area contributed by atoms with Crippen LogP contribution >= 0.6 is 11.3 Å². The summed E-state index contributed by atoms with van der Waals surface area (Å²) in [5, 5.41) is 2.46. The molecule has 136 valence electrons. The molecule has 27 heavy (non-hydrogen) atoms. The summed E-state index contributed by atoms with van der Waals surface area (Å²) in [6, 6.07) is 16.3. The fraction of sp³-hybridized carbons (Fsp3) is 0.143. The second-order valence-electron chi connectivity index (χ2n) is 6.51. The maximum atomic E-state index is 13.2. The molecule has 4 rings (SSSR count). The van der Waals surface area contributed by atoms with Crippen molar-refractivity contribution in [3.63, 3.8) is 0 Å². The Bertz CT molecular complexity index is 1120. The SMILES string of the molecule is CN(Cc1ccccc1)Cc1nc2scc(-c3ccc(F)cc3)c2c(=O)[nH]1. The molecule has 0 aliphatic heterocycles. The Kier molecular flexibility index (Phi) is 4.83. The Hall–Kier alpha value is -2.83. The van der Waals surface area contributed by atoms with E-state index < -0.39 is 0 Å². The summed E-state index contributed by atoms with van der Waals surface area (Å²) >= 11 is 1.43. The van der Waals surface area contributed by atoms with Gasteiger partial charge in [0.25, 0.3) is 5.56 Å². The first-order valence-electron chi connectivity index (χ1n) is 8.59. The van der Waals surface area contributed by atoms with E-state index in [1.807, 2.05) is 30.6 Å². The Balaban J connectivity index is 1.61. The maximum Gasteiger partial charge on any atom is 0.260 e. The third-order valence-electron chi connectivity index (χ3n) is 4.36. The molecular formula is C21H18FN3OS. The van der Waals surface area contributed by atoms with Crippen molar-refractivity contribution in [3.05, 3.63) is 87.5 Å². The lowest BCUT2D eigenvalue weighted by atomic mass is 10.1. The van der Waals surface area contributed by atoms with Crippen LogP contribution in [0.15, 0.2) is 64.8 Å². The van der Waals surface area contributed by atoms with E-state index in [-0.39, 0.29) is 11.4 Å². The van der Waals surface area contributed by atoms with Gasteiger partial charge in [-0.05, 0) is 30.3 Å². The highest BCUT2D eigenvalue weighted by Crippen LogP contribution is 2.30. The van der Waals surface area contributed by atoms with Gasteiger partial charge >= 0.3 is 0 Å². The molecule has 0 saturated carbocycles. The molecule has 6 heteroatoms. The predicted molar refractivity (Wildman–Crippen MR) is 107 cm³/mol. The molecule has 2 aromatic carbocycles. The Labute approximate surface area is 159 Å². The Morgan fingerprint density at radius 2 is 1.81 bits per heavy atom. The number of halogens is 1. The van der Waals surface area contributed by atoms with Crippen LogP contribution in [0.25, 0.3) is 21.3 Å². The lowest BCUT2D eigenvalue weighted by Gasteiger charge is -2.16. The molecule has 4 nitrogen and oxygen atoms in total. The summed E-state index contributed by atoms with van der Waals surface area (Å²) < 4.78 is 13.2. The normalized spacial score (nSPS) is 11.4. The summed E-state index contributed by atoms with van der Waals surface area (Å²) in [5.74, 6) is 0.340. The Morgan fingerprint density at radius 1 is 1.07 bits per heavy atom. The number of thiophene rings is 1. The molecule has 0 bridgehead atoms. The molecule has 0 amide bonds. The first-order chi connectivity index (χ1) is 13.1. The van der Waals surface area contributed by atoms with Crippen molar-refractivity contribution in [3.8, 4) is 11.1 Å². The van der Waals surface area contributed by atoms with Crippen LogP contribution in [0.5, 0.6) is 0 Å². The molecule has 0 spiro atoms. The predicted octanol–water partition coefficient (Wildman–Crippen LogP) is 4.42. The van der Waals surface area contributed by atoms with Gasteiger partial charge in [0.2, 0.25) is 0 Å². The van der Waals surface area contributed by atoms with Crippen molar-refractivity contribution >= 4 is 21.6 Å². The van der Waals surface area contributed by atoms with E-state index >= 15 is 0 Å². The van der Waals surface area contributed by atoms with Crippen molar-refractivity contribution in [1.82, 2.24) is 14.9 Å². The van der Waals surface area contributed by atoms with Gasteiger partial charge in [0.05, 0.1) is 11.9 Å². The third-order valence-corrected chi connectivity index (χ3v) is 5.24. The highest BCUT2D eigenvalue weighted by atomic mass is 32.1. The van der Waals surface area contributed by atoms with Crippen molar-refractivity contribution in [2.24, 2.45) is 0 Å². The first-order valence-corrected chi connectivity index (χ1v) is 9.47. The van der Waals surface area contributed by atoms with E-state index in [0.29, 0.717) is 22.6 Å². The second-order valence-corrected chi connectivity index (χ2v) is 7.37. The van der Waals surface area contributed by atoms with Crippen molar-refractivity contribution in [2.75, 3.05) is 7.05 Å². The zero-order chi connectivity index (χ0) is 18.8. The average molecular weight is 379 g/mol. The molecule has 0 atom stereocenters. The van der Waals surface area contributed by atoms with Crippen LogP contribution < -0.4 is 5.56 Å². The number of benzene rings is 2. The van der Waals surface area contributed by atoms with Gasteiger partial charge < -0.3 is 4.98 Å². The monoisotopic (exact) mass is 379 g/mol. The van der Waals surface area contributed by atoms with Crippen LogP contribution in [0.4, 0.5) is 4.39 Å². The summed E-state index contributed by atoms with van der Waals surface area (Å²) in [4.78, 5) is 23.0. The number of aromatic nitrogens is 2. The number of H-pyrrole nitrogens is 1. The number of rotatable bonds is 5. The van der Waals surface area contributed by atoms with Gasteiger partial charge in [-0.15, -0.1) is 11.3 Å². The van der Waals surface area contributed by atoms with Gasteiger partial charge in [-0.2, -0.15) is 0 Å². The average Bonchev–Trinajstić information content (AvgIpc) is 3.07. The smallest absolute Gasteiger partial charge is 0.260 e. The van der Waals surface area contributed by atoms with Crippen LogP contribution in [-0.4, -0.2) is 21.9 Å². The summed E-state index contributed by atoms with van der Waals surface area (Å²) in [6.45, 7) is 1.32. The minimum Gasteiger partial charge on any atom is -0.309 e. The first kappa shape index (κ1) is 17.6. The molecule has 0 aliphatic carbocycles. The van der Waals surface area contributed by atoms with Crippen molar-refractivity contribution < 1.29 is 4.39 Å². The van der Waals surface area contributed by atoms with Crippen LogP contribution in [-0.2, 0) is 13.1 Å². The van der Waals surface area contributed by atoms with Gasteiger partial charge in [-0.3, -0.25) is 9.69 Å². The van der Waals surface area contributed by atoms with Crippen LogP contribution in [0.2, 0.25) is 0 Å². The molecule has 0 saturated heterocycles. The molecule has 0 aliphatic rings. The molecule has 2 aromatic heterocycles. The number of nitrogens with zero attached hydrogens (tertiary/aromatic N) is 2. The lowest BCUT2D eigenvalue weighted by molar-refractivity contribution is 0.311. The zero-order valence-electron chi connectivity index (χ0n) is 14.8. The highest BCUT2D eigenvalue weighted by Gasteiger charge is 2.14. The maximum absolute atomic E-state index is 13.2. The molecule has 4 aromatic rings. The van der Waals surface area contributed by atoms with E-state index in [2.05, 4.69) is 27.0 Å². The quantitative estimate of drug-likeness (QED) is 0.558. The topological polar surface area (TPSA) is 49.0 Å². The second kappa shape index (κ2) is 7.42. The van der Waals surface area contributed by atoms with Crippen molar-refractivity contribution in [2.45, 2.75) is 13.1 Å². The Morgan fingerprint density at radius 3 is 2.56 bits per heavy atom. The third kappa shape index (κ3) is 3.82. The summed E-state index contributed by atoms with van der Waals surface area (Å²) in [6.07, 6.45) is 0. The number of nitrogens with one attached hydrogen (secondary N) is 1. The highest BCUT2D eigenvalue weighted by molar-refractivity contribution is 7.17. The fourth-order valence-electron chi connectivity index (χ4n) is 3.12. The molecule has 1 N–H and O–H groups in total. The van der Waals surface area contributed by atoms with E-state index in [0.717, 1.165) is 17.7 Å². The number of hydrogen-bond donors (Lipinski definition) is 1. The van der Waals surface area contributed by atoms with E-state index in [4.69, 9.17) is 0 Å². The van der Waals surface area contributed by atoms with Crippen LogP contribution in [0.1, 0.15) is 11.4 Å². The van der Waals surface area contributed by atoms with Gasteiger partial charge in [0, 0.05) is 17.5 Å². The zero-order valence-corrected chi connectivity index (χ0v) is 15.6. The van der Waals surface area contributed by atoms with Gasteiger partial charge in [-0.25, -0.2) is 9.37 Å². The lowest BCUT2D eigenvalue weighted by Crippen LogP contribution is -2.21. The van der Waals surface area contributed by atoms with Crippen LogP contribution in [0, 0.1) is 5.82 Å². The van der Waals surface area contributed by atoms with E-state index in [1.54, 1.807) is 12.1 Å².